The predicted molar refractivity (Wildman–Crippen MR) is 94.0 cm³/mol. The lowest BCUT2D eigenvalue weighted by molar-refractivity contribution is -0.144. The molecule has 3 amide bonds. The smallest absolute Gasteiger partial charge is 0.325 e. The van der Waals surface area contributed by atoms with E-state index in [1.54, 1.807) is 6.92 Å². The van der Waals surface area contributed by atoms with Gasteiger partial charge >= 0.3 is 12.0 Å². The average Bonchev–Trinajstić information content (AvgIpc) is 2.81. The number of ether oxygens (including phenoxy) is 1. The summed E-state index contributed by atoms with van der Waals surface area (Å²) in [6, 6.07) is 7.19. The van der Waals surface area contributed by atoms with Crippen molar-refractivity contribution >= 4 is 17.9 Å². The van der Waals surface area contributed by atoms with Crippen molar-refractivity contribution in [1.29, 1.82) is 0 Å². The first-order chi connectivity index (χ1) is 11.8. The third kappa shape index (κ3) is 4.00. The van der Waals surface area contributed by atoms with Crippen molar-refractivity contribution in [3.63, 3.8) is 0 Å². The van der Waals surface area contributed by atoms with E-state index in [1.165, 1.54) is 5.56 Å². The molecule has 1 aliphatic rings. The Hall–Kier alpha value is -2.37. The largest absolute Gasteiger partial charge is 0.466 e. The van der Waals surface area contributed by atoms with Crippen molar-refractivity contribution in [3.8, 4) is 0 Å². The molecular formula is C19H26N2O4. The molecule has 0 aliphatic carbocycles. The predicted octanol–water partition coefficient (Wildman–Crippen LogP) is 2.92. The van der Waals surface area contributed by atoms with Crippen molar-refractivity contribution in [1.82, 2.24) is 10.2 Å². The molecule has 1 saturated heterocycles. The number of hydrogen-bond donors (Lipinski definition) is 1. The molecule has 1 N–H and O–H groups in total. The van der Waals surface area contributed by atoms with Crippen LogP contribution in [0.1, 0.15) is 57.6 Å². The first-order valence-corrected chi connectivity index (χ1v) is 8.69. The van der Waals surface area contributed by atoms with Gasteiger partial charge in [0.15, 0.2) is 0 Å². The number of carbonyl (C=O) groups excluding carboxylic acids is 3. The van der Waals surface area contributed by atoms with Crippen LogP contribution in [-0.2, 0) is 19.9 Å². The first-order valence-electron chi connectivity index (χ1n) is 8.69. The summed E-state index contributed by atoms with van der Waals surface area (Å²) < 4.78 is 4.99. The van der Waals surface area contributed by atoms with Crippen LogP contribution in [0, 0.1) is 0 Å². The highest BCUT2D eigenvalue weighted by molar-refractivity contribution is 6.07. The molecule has 1 aromatic carbocycles. The number of esters is 1. The van der Waals surface area contributed by atoms with Crippen molar-refractivity contribution in [2.24, 2.45) is 0 Å². The number of rotatable bonds is 7. The van der Waals surface area contributed by atoms with Crippen LogP contribution in [0.3, 0.4) is 0 Å². The van der Waals surface area contributed by atoms with Gasteiger partial charge in [0.1, 0.15) is 5.54 Å². The van der Waals surface area contributed by atoms with E-state index in [9.17, 15) is 14.4 Å². The Kier molecular flexibility index (Phi) is 5.82. The summed E-state index contributed by atoms with van der Waals surface area (Å²) in [5.41, 5.74) is 0.783. The van der Waals surface area contributed by atoms with Crippen LogP contribution in [0.5, 0.6) is 0 Å². The van der Waals surface area contributed by atoms with Crippen LogP contribution < -0.4 is 5.32 Å². The summed E-state index contributed by atoms with van der Waals surface area (Å²) in [7, 11) is 0. The number of benzene rings is 1. The quantitative estimate of drug-likeness (QED) is 0.608. The second-order valence-corrected chi connectivity index (χ2v) is 6.76. The lowest BCUT2D eigenvalue weighted by atomic mass is 9.90. The van der Waals surface area contributed by atoms with E-state index < -0.39 is 17.5 Å². The molecule has 1 heterocycles. The number of carbonyl (C=O) groups is 3. The number of nitrogens with zero attached hydrogens (tertiary/aromatic N) is 1. The molecule has 0 radical (unpaired) electrons. The minimum Gasteiger partial charge on any atom is -0.466 e. The summed E-state index contributed by atoms with van der Waals surface area (Å²) in [6.45, 7) is 8.15. The van der Waals surface area contributed by atoms with Crippen LogP contribution in [0.4, 0.5) is 4.79 Å². The summed E-state index contributed by atoms with van der Waals surface area (Å²) in [4.78, 5) is 37.7. The molecule has 1 atom stereocenters. The number of amides is 3. The SMILES string of the molecule is CCCOC(=O)CCN1C(=O)N[C@](C)(c2ccc(C(C)C)cc2)C1=O. The lowest BCUT2D eigenvalue weighted by Gasteiger charge is -2.22. The van der Waals surface area contributed by atoms with Crippen molar-refractivity contribution in [3.05, 3.63) is 35.4 Å². The number of hydrogen-bond acceptors (Lipinski definition) is 4. The lowest BCUT2D eigenvalue weighted by Crippen LogP contribution is -2.41. The Morgan fingerprint density at radius 2 is 1.88 bits per heavy atom. The molecule has 0 bridgehead atoms. The number of nitrogens with one attached hydrogen (secondary N) is 1. The van der Waals surface area contributed by atoms with Crippen LogP contribution in [0.2, 0.25) is 0 Å². The van der Waals surface area contributed by atoms with E-state index in [0.717, 1.165) is 16.9 Å². The maximum atomic E-state index is 12.8. The van der Waals surface area contributed by atoms with Crippen molar-refractivity contribution < 1.29 is 19.1 Å². The number of urea groups is 1. The Labute approximate surface area is 148 Å². The standard InChI is InChI=1S/C19H26N2O4/c1-5-12-25-16(22)10-11-21-17(23)19(4,20-18(21)24)15-8-6-14(7-9-15)13(2)3/h6-9,13H,5,10-12H2,1-4H3,(H,20,24)/t19-/m1/s1. The van der Waals surface area contributed by atoms with E-state index in [0.29, 0.717) is 12.5 Å². The summed E-state index contributed by atoms with van der Waals surface area (Å²) in [6.07, 6.45) is 0.737. The minimum absolute atomic E-state index is 0.00152. The monoisotopic (exact) mass is 346 g/mol. The van der Waals surface area contributed by atoms with Crippen molar-refractivity contribution in [2.45, 2.75) is 52.0 Å². The van der Waals surface area contributed by atoms with Crippen LogP contribution >= 0.6 is 0 Å². The van der Waals surface area contributed by atoms with E-state index >= 15 is 0 Å². The van der Waals surface area contributed by atoms with Gasteiger partial charge in [-0.15, -0.1) is 0 Å². The van der Waals surface area contributed by atoms with Crippen LogP contribution in [0.15, 0.2) is 24.3 Å². The highest BCUT2D eigenvalue weighted by atomic mass is 16.5. The van der Waals surface area contributed by atoms with Gasteiger partial charge < -0.3 is 10.1 Å². The molecule has 0 aromatic heterocycles. The van der Waals surface area contributed by atoms with E-state index in [2.05, 4.69) is 19.2 Å². The molecule has 0 saturated carbocycles. The molecule has 1 aromatic rings. The van der Waals surface area contributed by atoms with Gasteiger partial charge in [-0.25, -0.2) is 4.79 Å². The van der Waals surface area contributed by atoms with Gasteiger partial charge in [-0.2, -0.15) is 0 Å². The zero-order valence-corrected chi connectivity index (χ0v) is 15.3. The Morgan fingerprint density at radius 3 is 2.44 bits per heavy atom. The molecule has 1 aliphatic heterocycles. The van der Waals surface area contributed by atoms with Gasteiger partial charge in [0.2, 0.25) is 0 Å². The highest BCUT2D eigenvalue weighted by Gasteiger charge is 2.48. The zero-order chi connectivity index (χ0) is 18.6. The third-order valence-corrected chi connectivity index (χ3v) is 4.44. The second-order valence-electron chi connectivity index (χ2n) is 6.76. The molecule has 25 heavy (non-hydrogen) atoms. The molecule has 1 fully saturated rings. The van der Waals surface area contributed by atoms with Gasteiger partial charge in [0, 0.05) is 6.54 Å². The molecule has 2 rings (SSSR count). The van der Waals surface area contributed by atoms with Crippen LogP contribution in [-0.4, -0.2) is 36.0 Å². The maximum Gasteiger partial charge on any atom is 0.325 e. The minimum atomic E-state index is -1.11. The fourth-order valence-corrected chi connectivity index (χ4v) is 2.79. The van der Waals surface area contributed by atoms with E-state index in [4.69, 9.17) is 4.74 Å². The van der Waals surface area contributed by atoms with Crippen LogP contribution in [0.25, 0.3) is 0 Å². The molecule has 0 unspecified atom stereocenters. The van der Waals surface area contributed by atoms with Gasteiger partial charge in [-0.1, -0.05) is 45.0 Å². The normalized spacial score (nSPS) is 20.1. The zero-order valence-electron chi connectivity index (χ0n) is 15.3. The van der Waals surface area contributed by atoms with Gasteiger partial charge in [0.25, 0.3) is 5.91 Å². The summed E-state index contributed by atoms with van der Waals surface area (Å²) in [5, 5.41) is 2.75. The highest BCUT2D eigenvalue weighted by Crippen LogP contribution is 2.30. The Bertz CT molecular complexity index is 654. The maximum absolute atomic E-state index is 12.8. The summed E-state index contributed by atoms with van der Waals surface area (Å²) >= 11 is 0. The average molecular weight is 346 g/mol. The van der Waals surface area contributed by atoms with Gasteiger partial charge in [-0.3, -0.25) is 14.5 Å². The Morgan fingerprint density at radius 1 is 1.24 bits per heavy atom. The molecule has 136 valence electrons. The fourth-order valence-electron chi connectivity index (χ4n) is 2.79. The Balaban J connectivity index is 2.09. The van der Waals surface area contributed by atoms with Gasteiger partial charge in [0.05, 0.1) is 13.0 Å². The molecule has 6 nitrogen and oxygen atoms in total. The summed E-state index contributed by atoms with van der Waals surface area (Å²) in [5.74, 6) is -0.364. The third-order valence-electron chi connectivity index (χ3n) is 4.44. The molecule has 0 spiro atoms. The fraction of sp³-hybridized carbons (Fsp3) is 0.526. The molecule has 6 heteroatoms. The van der Waals surface area contributed by atoms with Gasteiger partial charge in [-0.05, 0) is 30.4 Å². The first kappa shape index (κ1) is 19.0. The van der Waals surface area contributed by atoms with E-state index in [-0.39, 0.29) is 18.9 Å². The second kappa shape index (κ2) is 7.68. The number of imide groups is 1. The van der Waals surface area contributed by atoms with E-state index in [1.807, 2.05) is 31.2 Å². The van der Waals surface area contributed by atoms with Crippen molar-refractivity contribution in [2.75, 3.05) is 13.2 Å². The molecular weight excluding hydrogens is 320 g/mol. The topological polar surface area (TPSA) is 75.7 Å².